The molecule has 0 aliphatic heterocycles. The fourth-order valence-corrected chi connectivity index (χ4v) is 3.91. The van der Waals surface area contributed by atoms with E-state index in [-0.39, 0.29) is 0 Å². The van der Waals surface area contributed by atoms with Crippen LogP contribution in [0.4, 0.5) is 0 Å². The third-order valence-electron chi connectivity index (χ3n) is 5.45. The first-order valence-electron chi connectivity index (χ1n) is 9.63. The lowest BCUT2D eigenvalue weighted by molar-refractivity contribution is 0.117. The molecule has 21 heavy (non-hydrogen) atoms. The van der Waals surface area contributed by atoms with Gasteiger partial charge in [0.05, 0.1) is 0 Å². The highest BCUT2D eigenvalue weighted by Gasteiger charge is 2.37. The lowest BCUT2D eigenvalue weighted by Crippen LogP contribution is -2.46. The van der Waals surface area contributed by atoms with Crippen LogP contribution in [0.1, 0.15) is 85.0 Å². The Morgan fingerprint density at radius 2 is 1.76 bits per heavy atom. The summed E-state index contributed by atoms with van der Waals surface area (Å²) >= 11 is 0. The van der Waals surface area contributed by atoms with Crippen molar-refractivity contribution in [2.75, 3.05) is 19.6 Å². The van der Waals surface area contributed by atoms with Gasteiger partial charge in [-0.05, 0) is 44.1 Å². The number of rotatable bonds is 9. The summed E-state index contributed by atoms with van der Waals surface area (Å²) in [4.78, 5) is 2.86. The van der Waals surface area contributed by atoms with Crippen LogP contribution in [0.25, 0.3) is 0 Å². The monoisotopic (exact) mass is 294 g/mol. The Hall–Kier alpha value is -0.0800. The highest BCUT2D eigenvalue weighted by Crippen LogP contribution is 2.38. The molecule has 0 radical (unpaired) electrons. The van der Waals surface area contributed by atoms with Crippen LogP contribution in [-0.4, -0.2) is 36.6 Å². The van der Waals surface area contributed by atoms with Crippen molar-refractivity contribution in [2.24, 2.45) is 5.41 Å². The molecule has 2 saturated carbocycles. The van der Waals surface area contributed by atoms with Gasteiger partial charge >= 0.3 is 0 Å². The van der Waals surface area contributed by atoms with Gasteiger partial charge in [0.2, 0.25) is 0 Å². The van der Waals surface area contributed by atoms with Crippen LogP contribution >= 0.6 is 0 Å². The Morgan fingerprint density at radius 1 is 1.10 bits per heavy atom. The normalized spacial score (nSPS) is 22.7. The van der Waals surface area contributed by atoms with E-state index in [9.17, 15) is 0 Å². The maximum absolute atomic E-state index is 3.78. The number of nitrogens with zero attached hydrogens (tertiary/aromatic N) is 1. The van der Waals surface area contributed by atoms with Gasteiger partial charge in [-0.2, -0.15) is 0 Å². The van der Waals surface area contributed by atoms with Crippen LogP contribution in [0, 0.1) is 5.41 Å². The molecule has 0 unspecified atom stereocenters. The van der Waals surface area contributed by atoms with E-state index < -0.39 is 0 Å². The molecule has 0 aromatic carbocycles. The summed E-state index contributed by atoms with van der Waals surface area (Å²) in [5.74, 6) is 0. The molecule has 2 rings (SSSR count). The first-order chi connectivity index (χ1) is 10.2. The Kier molecular flexibility index (Phi) is 7.01. The van der Waals surface area contributed by atoms with Gasteiger partial charge in [-0.1, -0.05) is 52.9 Å². The Balaban J connectivity index is 1.98. The van der Waals surface area contributed by atoms with Gasteiger partial charge in [-0.25, -0.2) is 0 Å². The van der Waals surface area contributed by atoms with Crippen LogP contribution < -0.4 is 5.32 Å². The number of unbranched alkanes of at least 4 members (excludes halogenated alkanes) is 1. The molecular weight excluding hydrogens is 256 g/mol. The highest BCUT2D eigenvalue weighted by atomic mass is 15.2. The zero-order valence-electron chi connectivity index (χ0n) is 14.8. The van der Waals surface area contributed by atoms with Crippen molar-refractivity contribution in [3.05, 3.63) is 0 Å². The summed E-state index contributed by atoms with van der Waals surface area (Å²) in [6, 6.07) is 1.55. The second-order valence-corrected chi connectivity index (χ2v) is 8.01. The molecule has 2 aliphatic carbocycles. The molecule has 0 aromatic rings. The van der Waals surface area contributed by atoms with Crippen LogP contribution in [0.3, 0.4) is 0 Å². The molecule has 0 spiro atoms. The van der Waals surface area contributed by atoms with Crippen LogP contribution in [0.15, 0.2) is 0 Å². The number of nitrogens with one attached hydrogen (secondary N) is 1. The standard InChI is InChI=1S/C19H38N2/c1-4-5-14-21(18-10-11-18)16-19(15-20-17(2)3)12-8-6-7-9-13-19/h17-18,20H,4-16H2,1-3H3. The molecule has 124 valence electrons. The molecule has 0 atom stereocenters. The zero-order chi connectivity index (χ0) is 15.1. The highest BCUT2D eigenvalue weighted by molar-refractivity contribution is 4.92. The maximum Gasteiger partial charge on any atom is 0.00966 e. The van der Waals surface area contributed by atoms with E-state index in [4.69, 9.17) is 0 Å². The Bertz CT molecular complexity index is 275. The minimum absolute atomic E-state index is 0.553. The van der Waals surface area contributed by atoms with Gasteiger partial charge in [0.1, 0.15) is 0 Å². The summed E-state index contributed by atoms with van der Waals surface area (Å²) < 4.78 is 0. The predicted octanol–water partition coefficient (Wildman–Crippen LogP) is 4.59. The fourth-order valence-electron chi connectivity index (χ4n) is 3.91. The number of hydrogen-bond donors (Lipinski definition) is 1. The van der Waals surface area contributed by atoms with E-state index in [0.29, 0.717) is 11.5 Å². The van der Waals surface area contributed by atoms with E-state index in [2.05, 4.69) is 31.0 Å². The van der Waals surface area contributed by atoms with E-state index in [1.165, 1.54) is 83.8 Å². The second kappa shape index (κ2) is 8.53. The molecule has 0 heterocycles. The SMILES string of the molecule is CCCCN(CC1(CNC(C)C)CCCCCC1)C1CC1. The fraction of sp³-hybridized carbons (Fsp3) is 1.00. The summed E-state index contributed by atoms with van der Waals surface area (Å²) in [6.07, 6.45) is 14.3. The van der Waals surface area contributed by atoms with E-state index in [0.717, 1.165) is 6.04 Å². The molecule has 2 aliphatic rings. The quantitative estimate of drug-likeness (QED) is 0.626. The molecule has 2 fully saturated rings. The van der Waals surface area contributed by atoms with E-state index in [1.807, 2.05) is 0 Å². The first kappa shape index (κ1) is 17.3. The van der Waals surface area contributed by atoms with Crippen LogP contribution in [0.5, 0.6) is 0 Å². The number of hydrogen-bond acceptors (Lipinski definition) is 2. The molecule has 1 N–H and O–H groups in total. The lowest BCUT2D eigenvalue weighted by atomic mass is 9.79. The van der Waals surface area contributed by atoms with E-state index >= 15 is 0 Å². The second-order valence-electron chi connectivity index (χ2n) is 8.01. The zero-order valence-corrected chi connectivity index (χ0v) is 14.8. The predicted molar refractivity (Wildman–Crippen MR) is 92.8 cm³/mol. The minimum atomic E-state index is 0.553. The molecule has 0 bridgehead atoms. The molecular formula is C19H38N2. The van der Waals surface area contributed by atoms with Gasteiger partial charge in [-0.15, -0.1) is 0 Å². The summed E-state index contributed by atoms with van der Waals surface area (Å²) in [6.45, 7) is 10.8. The molecule has 0 saturated heterocycles. The largest absolute Gasteiger partial charge is 0.314 e. The Labute approximate surface area is 133 Å². The van der Waals surface area contributed by atoms with Crippen LogP contribution in [0.2, 0.25) is 0 Å². The summed E-state index contributed by atoms with van der Waals surface area (Å²) in [7, 11) is 0. The van der Waals surface area contributed by atoms with Gasteiger partial charge in [-0.3, -0.25) is 4.90 Å². The average molecular weight is 295 g/mol. The van der Waals surface area contributed by atoms with Gasteiger partial charge < -0.3 is 5.32 Å². The van der Waals surface area contributed by atoms with Gasteiger partial charge in [0.15, 0.2) is 0 Å². The average Bonchev–Trinajstić information content (AvgIpc) is 3.29. The third kappa shape index (κ3) is 5.90. The Morgan fingerprint density at radius 3 is 2.29 bits per heavy atom. The van der Waals surface area contributed by atoms with Crippen molar-refractivity contribution < 1.29 is 0 Å². The van der Waals surface area contributed by atoms with Crippen LogP contribution in [-0.2, 0) is 0 Å². The summed E-state index contributed by atoms with van der Waals surface area (Å²) in [5.41, 5.74) is 0.553. The smallest absolute Gasteiger partial charge is 0.00966 e. The van der Waals surface area contributed by atoms with Crippen molar-refractivity contribution in [1.29, 1.82) is 0 Å². The molecule has 0 amide bonds. The van der Waals surface area contributed by atoms with Crippen molar-refractivity contribution >= 4 is 0 Å². The molecule has 2 heteroatoms. The lowest BCUT2D eigenvalue weighted by Gasteiger charge is -2.39. The van der Waals surface area contributed by atoms with Crippen molar-refractivity contribution in [1.82, 2.24) is 10.2 Å². The molecule has 0 aromatic heterocycles. The van der Waals surface area contributed by atoms with Gasteiger partial charge in [0.25, 0.3) is 0 Å². The summed E-state index contributed by atoms with van der Waals surface area (Å²) in [5, 5.41) is 3.78. The molecule has 2 nitrogen and oxygen atoms in total. The van der Waals surface area contributed by atoms with Crippen molar-refractivity contribution in [3.63, 3.8) is 0 Å². The topological polar surface area (TPSA) is 15.3 Å². The van der Waals surface area contributed by atoms with E-state index in [1.54, 1.807) is 0 Å². The van der Waals surface area contributed by atoms with Gasteiger partial charge in [0, 0.05) is 25.2 Å². The maximum atomic E-state index is 3.78. The first-order valence-corrected chi connectivity index (χ1v) is 9.63. The van der Waals surface area contributed by atoms with Crippen molar-refractivity contribution in [2.45, 2.75) is 97.1 Å². The minimum Gasteiger partial charge on any atom is -0.314 e. The van der Waals surface area contributed by atoms with Crippen molar-refractivity contribution in [3.8, 4) is 0 Å². The third-order valence-corrected chi connectivity index (χ3v) is 5.45.